The Hall–Kier alpha value is -7.01. The van der Waals surface area contributed by atoms with Gasteiger partial charge in [-0.2, -0.15) is 0 Å². The number of hydrogen-bond donors (Lipinski definition) is 3. The molecule has 0 saturated carbocycles. The number of rotatable bonds is 16. The van der Waals surface area contributed by atoms with Gasteiger partial charge in [-0.15, -0.1) is 0 Å². The van der Waals surface area contributed by atoms with Crippen molar-refractivity contribution in [2.45, 2.75) is 57.1 Å². The fraction of sp³-hybridized carbons (Fsp3) is 0.328. The molecule has 0 aliphatic carbocycles. The Morgan fingerprint density at radius 3 is 2.32 bits per heavy atom. The number of likely N-dealkylation sites (tertiary alicyclic amines) is 1. The third-order valence-corrected chi connectivity index (χ3v) is 14.9. The van der Waals surface area contributed by atoms with E-state index in [1.54, 1.807) is 58.2 Å². The second kappa shape index (κ2) is 22.9. The van der Waals surface area contributed by atoms with Crippen LogP contribution in [0.3, 0.4) is 0 Å². The minimum atomic E-state index is -0.632. The minimum absolute atomic E-state index is 0.0277. The summed E-state index contributed by atoms with van der Waals surface area (Å²) >= 11 is 12.7. The summed E-state index contributed by atoms with van der Waals surface area (Å²) in [7, 11) is 1.58. The summed E-state index contributed by atoms with van der Waals surface area (Å²) in [5, 5.41) is 18.0. The second-order valence-electron chi connectivity index (χ2n) is 19.6. The van der Waals surface area contributed by atoms with Gasteiger partial charge < -0.3 is 39.8 Å². The highest BCUT2D eigenvalue weighted by Gasteiger charge is 2.46. The Balaban J connectivity index is 0.785. The number of aliphatic hydroxyl groups is 1. The number of urea groups is 1. The molecule has 2 saturated heterocycles. The first-order chi connectivity index (χ1) is 36.4. The molecule has 17 heteroatoms. The van der Waals surface area contributed by atoms with E-state index >= 15 is 4.79 Å². The van der Waals surface area contributed by atoms with Gasteiger partial charge in [0.25, 0.3) is 0 Å². The average molecular weight is 1050 g/mol. The number of nitrogens with one attached hydrogen (secondary N) is 2. The number of halogens is 2. The van der Waals surface area contributed by atoms with Gasteiger partial charge >= 0.3 is 6.03 Å². The van der Waals surface area contributed by atoms with Gasteiger partial charge in [-0.1, -0.05) is 65.7 Å². The zero-order chi connectivity index (χ0) is 52.2. The third kappa shape index (κ3) is 11.3. The van der Waals surface area contributed by atoms with E-state index in [4.69, 9.17) is 42.4 Å². The third-order valence-electron chi connectivity index (χ3n) is 14.4. The number of ether oxygens (including phenoxy) is 3. The first-order valence-corrected chi connectivity index (χ1v) is 26.1. The quantitative estimate of drug-likeness (QED) is 0.0797. The maximum Gasteiger partial charge on any atom is 0.326 e. The van der Waals surface area contributed by atoms with Gasteiger partial charge in [0.05, 0.1) is 44.1 Å². The van der Waals surface area contributed by atoms with E-state index < -0.39 is 18.1 Å². The van der Waals surface area contributed by atoms with E-state index in [2.05, 4.69) is 50.8 Å². The van der Waals surface area contributed by atoms with Crippen molar-refractivity contribution in [3.05, 3.63) is 172 Å². The fourth-order valence-corrected chi connectivity index (χ4v) is 11.1. The average Bonchev–Trinajstić information content (AvgIpc) is 4.04. The van der Waals surface area contributed by atoms with Gasteiger partial charge in [0.2, 0.25) is 11.8 Å². The van der Waals surface area contributed by atoms with E-state index in [9.17, 15) is 14.7 Å². The zero-order valence-corrected chi connectivity index (χ0v) is 43.6. The summed E-state index contributed by atoms with van der Waals surface area (Å²) in [6.45, 7) is 6.11. The van der Waals surface area contributed by atoms with Crippen molar-refractivity contribution in [1.82, 2.24) is 24.6 Å². The number of pyridine rings is 1. The van der Waals surface area contributed by atoms with Crippen LogP contribution in [-0.2, 0) is 20.9 Å². The van der Waals surface area contributed by atoms with Gasteiger partial charge in [-0.25, -0.2) is 4.79 Å². The lowest BCUT2D eigenvalue weighted by Gasteiger charge is -2.39. The molecule has 5 aromatic carbocycles. The van der Waals surface area contributed by atoms with Gasteiger partial charge in [0.15, 0.2) is 0 Å². The first kappa shape index (κ1) is 51.5. The van der Waals surface area contributed by atoms with Crippen LogP contribution >= 0.6 is 23.2 Å². The highest BCUT2D eigenvalue weighted by atomic mass is 35.5. The molecule has 0 unspecified atom stereocenters. The van der Waals surface area contributed by atoms with Crippen molar-refractivity contribution in [1.29, 1.82) is 0 Å². The summed E-state index contributed by atoms with van der Waals surface area (Å²) in [6.07, 6.45) is 4.43. The van der Waals surface area contributed by atoms with Crippen molar-refractivity contribution in [2.24, 2.45) is 10.9 Å². The Labute approximate surface area is 447 Å². The fourth-order valence-electron chi connectivity index (χ4n) is 10.8. The van der Waals surface area contributed by atoms with Gasteiger partial charge in [0.1, 0.15) is 36.5 Å². The number of benzene rings is 5. The highest BCUT2D eigenvalue weighted by molar-refractivity contribution is 6.30. The Kier molecular flexibility index (Phi) is 15.7. The van der Waals surface area contributed by atoms with E-state index in [1.807, 2.05) is 80.8 Å². The summed E-state index contributed by atoms with van der Waals surface area (Å²) < 4.78 is 17.7. The maximum atomic E-state index is 15.2. The number of piperazine rings is 1. The number of carbonyl (C=O) groups is 3. The van der Waals surface area contributed by atoms with Gasteiger partial charge in [-0.3, -0.25) is 29.4 Å². The lowest BCUT2D eigenvalue weighted by atomic mass is 9.82. The van der Waals surface area contributed by atoms with Crippen molar-refractivity contribution in [2.75, 3.05) is 70.3 Å². The van der Waals surface area contributed by atoms with E-state index in [0.717, 1.165) is 47.5 Å². The maximum absolute atomic E-state index is 15.2. The molecule has 388 valence electrons. The molecule has 4 aliphatic heterocycles. The summed E-state index contributed by atoms with van der Waals surface area (Å²) in [6, 6.07) is 37.0. The molecule has 15 nitrogen and oxygen atoms in total. The molecule has 0 bridgehead atoms. The number of hydrogen-bond acceptors (Lipinski definition) is 11. The molecular weight excluding hydrogens is 992 g/mol. The van der Waals surface area contributed by atoms with Crippen LogP contribution in [0.2, 0.25) is 10.0 Å². The molecule has 75 heavy (non-hydrogen) atoms. The minimum Gasteiger partial charge on any atom is -0.497 e. The van der Waals surface area contributed by atoms with Crippen molar-refractivity contribution in [3.8, 4) is 22.6 Å². The number of aliphatic hydroxyl groups excluding tert-OH is 1. The molecule has 5 atom stereocenters. The normalized spacial score (nSPS) is 20.4. The van der Waals surface area contributed by atoms with Crippen molar-refractivity contribution >= 4 is 58.3 Å². The van der Waals surface area contributed by atoms with Crippen LogP contribution in [0.4, 0.5) is 16.2 Å². The number of nitrogens with zero attached hydrogens (tertiary/aromatic N) is 6. The predicted octanol–water partition coefficient (Wildman–Crippen LogP) is 9.67. The van der Waals surface area contributed by atoms with Crippen LogP contribution in [0.25, 0.3) is 11.1 Å². The van der Waals surface area contributed by atoms with E-state index in [0.29, 0.717) is 38.6 Å². The molecule has 4 amide bonds. The highest BCUT2D eigenvalue weighted by Crippen LogP contribution is 2.49. The van der Waals surface area contributed by atoms with Crippen molar-refractivity contribution in [3.63, 3.8) is 0 Å². The van der Waals surface area contributed by atoms with Crippen LogP contribution in [-0.4, -0.2) is 125 Å². The molecule has 1 aromatic heterocycles. The monoisotopic (exact) mass is 1050 g/mol. The predicted molar refractivity (Wildman–Crippen MR) is 290 cm³/mol. The zero-order valence-electron chi connectivity index (χ0n) is 42.1. The second-order valence-corrected chi connectivity index (χ2v) is 20.4. The summed E-state index contributed by atoms with van der Waals surface area (Å²) in [5.41, 5.74) is 8.24. The largest absolute Gasteiger partial charge is 0.497 e. The first-order valence-electron chi connectivity index (χ1n) is 25.4. The Morgan fingerprint density at radius 2 is 1.60 bits per heavy atom. The molecule has 0 spiro atoms. The number of anilines is 2. The van der Waals surface area contributed by atoms with Gasteiger partial charge in [-0.05, 0) is 133 Å². The Morgan fingerprint density at radius 1 is 0.853 bits per heavy atom. The lowest BCUT2D eigenvalue weighted by molar-refractivity contribution is -0.136. The number of carbonyl (C=O) groups excluding carboxylic acids is 3. The van der Waals surface area contributed by atoms with Crippen LogP contribution in [0.15, 0.2) is 139 Å². The molecule has 4 aliphatic rings. The topological polar surface area (TPSA) is 161 Å². The number of aliphatic imine (C=N–C) groups is 1. The van der Waals surface area contributed by atoms with E-state index in [-0.39, 0.29) is 81.9 Å². The van der Waals surface area contributed by atoms with Crippen LogP contribution < -0.4 is 20.1 Å². The summed E-state index contributed by atoms with van der Waals surface area (Å²) in [4.78, 5) is 59.1. The molecule has 5 heterocycles. The molecular formula is C58H60Cl2N8O7. The number of fused-ring (bicyclic) bond motifs is 3. The lowest BCUT2D eigenvalue weighted by Crippen LogP contribution is -2.56. The van der Waals surface area contributed by atoms with E-state index in [1.165, 1.54) is 11.1 Å². The van der Waals surface area contributed by atoms with Crippen LogP contribution in [0.1, 0.15) is 66.2 Å². The van der Waals surface area contributed by atoms with Crippen LogP contribution in [0, 0.1) is 5.92 Å². The molecule has 3 N–H and O–H groups in total. The molecule has 6 aromatic rings. The number of aromatic nitrogens is 1. The smallest absolute Gasteiger partial charge is 0.326 e. The Bertz CT molecular complexity index is 3050. The SMILES string of the molecule is COc1ccc(C2=N[C@H](c3ccc(Cl)cc3)[C@H](c3ccc(Cl)cc3)N2C(=O)N2CCN(CCOCC(=O)Nc3cccc(-c4ccc5c(c4)[C@H]4[C@H](CCN4Cc4ccncc4)[C@@H](CO)N5)c3)C(=O)C2)c(OC(C)C)c1. The number of methoxy groups -OCH3 is 1. The number of amides is 4. The molecule has 0 radical (unpaired) electrons. The van der Waals surface area contributed by atoms with Crippen molar-refractivity contribution < 1.29 is 33.7 Å². The molecule has 10 rings (SSSR count). The number of amidine groups is 1. The van der Waals surface area contributed by atoms with Crippen LogP contribution in [0.5, 0.6) is 11.5 Å². The standard InChI is InChI=1S/C58H60Cl2N8O7/c1-36(2)75-51-31-45(73-3)16-17-47(51)57-64-54(38-7-12-42(59)13-8-38)55(39-9-14-43(60)15-10-39)68(57)58(72)67-26-25-65(53(71)33-67)27-28-74-35-52(70)62-44-6-4-5-40(29-44)41-11-18-49-48(30-41)56-46(50(34-69)63-49)21-24-66(56)32-37-19-22-61-23-20-37/h4-20,22-23,29-31,36,46,50,54-56,63,69H,21,24-28,32-35H2,1-3H3,(H,62,70)/t46-,50-,54-,55+,56-/m1/s1. The summed E-state index contributed by atoms with van der Waals surface area (Å²) in [5.74, 6) is 1.14. The molecule has 2 fully saturated rings. The van der Waals surface area contributed by atoms with Gasteiger partial charge in [0, 0.05) is 78.0 Å².